The molecule has 0 saturated carbocycles. The van der Waals surface area contributed by atoms with Crippen molar-refractivity contribution in [1.82, 2.24) is 5.32 Å². The zero-order valence-corrected chi connectivity index (χ0v) is 16.4. The minimum absolute atomic E-state index is 0.0884. The van der Waals surface area contributed by atoms with E-state index in [0.717, 1.165) is 11.1 Å². The molecule has 0 bridgehead atoms. The number of ether oxygens (including phenoxy) is 1. The second-order valence-electron chi connectivity index (χ2n) is 6.90. The third-order valence-corrected chi connectivity index (χ3v) is 4.22. The fraction of sp³-hybridized carbons (Fsp3) is 0.174. The minimum atomic E-state index is -0.761. The first-order valence-electron chi connectivity index (χ1n) is 9.14. The molecule has 148 valence electrons. The van der Waals surface area contributed by atoms with E-state index in [9.17, 15) is 14.4 Å². The van der Waals surface area contributed by atoms with Crippen molar-refractivity contribution < 1.29 is 18.7 Å². The predicted molar refractivity (Wildman–Crippen MR) is 110 cm³/mol. The van der Waals surface area contributed by atoms with E-state index in [2.05, 4.69) is 5.32 Å². The number of benzene rings is 2. The van der Waals surface area contributed by atoms with Crippen LogP contribution in [-0.2, 0) is 4.79 Å². The van der Waals surface area contributed by atoms with Crippen LogP contribution < -0.4 is 15.7 Å². The second kappa shape index (κ2) is 8.56. The van der Waals surface area contributed by atoms with Crippen LogP contribution >= 0.6 is 0 Å². The van der Waals surface area contributed by atoms with E-state index in [1.54, 1.807) is 26.0 Å². The zero-order valence-electron chi connectivity index (χ0n) is 16.4. The summed E-state index contributed by atoms with van der Waals surface area (Å²) in [5.41, 5.74) is 1.11. The Morgan fingerprint density at radius 1 is 1.07 bits per heavy atom. The van der Waals surface area contributed by atoms with E-state index in [0.29, 0.717) is 5.39 Å². The molecule has 2 aromatic carbocycles. The highest BCUT2D eigenvalue weighted by Crippen LogP contribution is 2.21. The number of carbonyl (C=O) groups excluding carboxylic acids is 2. The number of allylic oxidation sites excluding steroid dienone is 1. The van der Waals surface area contributed by atoms with Gasteiger partial charge >= 0.3 is 11.6 Å². The maximum absolute atomic E-state index is 12.6. The number of rotatable bonds is 5. The van der Waals surface area contributed by atoms with E-state index in [1.165, 1.54) is 18.2 Å². The van der Waals surface area contributed by atoms with E-state index in [1.807, 2.05) is 37.3 Å². The summed E-state index contributed by atoms with van der Waals surface area (Å²) in [5, 5.41) is 3.34. The lowest BCUT2D eigenvalue weighted by atomic mass is 10.1. The number of amides is 1. The molecule has 0 aliphatic rings. The minimum Gasteiger partial charge on any atom is -0.423 e. The molecular weight excluding hydrogens is 370 g/mol. The third-order valence-electron chi connectivity index (χ3n) is 4.22. The summed E-state index contributed by atoms with van der Waals surface area (Å²) in [6.07, 6.45) is 1.36. The average molecular weight is 391 g/mol. The number of nitrogens with one attached hydrogen (secondary N) is 1. The average Bonchev–Trinajstić information content (AvgIpc) is 2.67. The maximum Gasteiger partial charge on any atom is 0.349 e. The van der Waals surface area contributed by atoms with Gasteiger partial charge in [-0.1, -0.05) is 35.9 Å². The number of hydrogen-bond donors (Lipinski definition) is 1. The maximum atomic E-state index is 12.6. The molecular formula is C23H21NO5. The van der Waals surface area contributed by atoms with Gasteiger partial charge in [0.1, 0.15) is 16.9 Å². The SMILES string of the molecule is CC(C)=CC(=O)Oc1ccc2cc(C(=O)NC(C)c3ccccc3)c(=O)oc2c1. The lowest BCUT2D eigenvalue weighted by Crippen LogP contribution is -2.30. The molecule has 0 spiro atoms. The topological polar surface area (TPSA) is 85.6 Å². The van der Waals surface area contributed by atoms with Gasteiger partial charge in [-0.3, -0.25) is 4.79 Å². The monoisotopic (exact) mass is 391 g/mol. The summed E-state index contributed by atoms with van der Waals surface area (Å²) in [6.45, 7) is 5.40. The van der Waals surface area contributed by atoms with Crippen molar-refractivity contribution in [3.8, 4) is 5.75 Å². The summed E-state index contributed by atoms with van der Waals surface area (Å²) >= 11 is 0. The van der Waals surface area contributed by atoms with Crippen molar-refractivity contribution in [3.05, 3.63) is 87.8 Å². The number of esters is 1. The van der Waals surface area contributed by atoms with E-state index >= 15 is 0 Å². The quantitative estimate of drug-likeness (QED) is 0.306. The molecule has 0 radical (unpaired) electrons. The standard InChI is InChI=1S/C23H21NO5/c1-14(2)11-21(25)28-18-10-9-17-12-19(23(27)29-20(17)13-18)22(26)24-15(3)16-7-5-4-6-8-16/h4-13,15H,1-3H3,(H,24,26). The molecule has 6 nitrogen and oxygen atoms in total. The van der Waals surface area contributed by atoms with Gasteiger partial charge in [-0.05, 0) is 44.5 Å². The Labute approximate surface area is 167 Å². The van der Waals surface area contributed by atoms with Gasteiger partial charge in [0.15, 0.2) is 0 Å². The fourth-order valence-electron chi connectivity index (χ4n) is 2.79. The number of hydrogen-bond acceptors (Lipinski definition) is 5. The number of fused-ring (bicyclic) bond motifs is 1. The van der Waals surface area contributed by atoms with Crippen LogP contribution in [0.5, 0.6) is 5.75 Å². The van der Waals surface area contributed by atoms with Gasteiger partial charge in [0.25, 0.3) is 5.91 Å². The molecule has 1 N–H and O–H groups in total. The predicted octanol–water partition coefficient (Wildman–Crippen LogP) is 4.16. The number of carbonyl (C=O) groups is 2. The molecule has 1 amide bonds. The lowest BCUT2D eigenvalue weighted by molar-refractivity contribution is -0.129. The second-order valence-corrected chi connectivity index (χ2v) is 6.90. The van der Waals surface area contributed by atoms with Crippen LogP contribution in [0, 0.1) is 0 Å². The van der Waals surface area contributed by atoms with Gasteiger partial charge in [-0.2, -0.15) is 0 Å². The highest BCUT2D eigenvalue weighted by Gasteiger charge is 2.17. The van der Waals surface area contributed by atoms with Crippen molar-refractivity contribution in [3.63, 3.8) is 0 Å². The van der Waals surface area contributed by atoms with Crippen LogP contribution in [0.4, 0.5) is 0 Å². The highest BCUT2D eigenvalue weighted by atomic mass is 16.5. The molecule has 0 aliphatic carbocycles. The van der Waals surface area contributed by atoms with Gasteiger partial charge in [0.2, 0.25) is 0 Å². The zero-order chi connectivity index (χ0) is 21.0. The van der Waals surface area contributed by atoms with Crippen molar-refractivity contribution in [2.24, 2.45) is 0 Å². The summed E-state index contributed by atoms with van der Waals surface area (Å²) in [4.78, 5) is 36.6. The van der Waals surface area contributed by atoms with Gasteiger partial charge < -0.3 is 14.5 Å². The Morgan fingerprint density at radius 3 is 2.48 bits per heavy atom. The molecule has 0 saturated heterocycles. The van der Waals surface area contributed by atoms with E-state index in [4.69, 9.17) is 9.15 Å². The smallest absolute Gasteiger partial charge is 0.349 e. The Kier molecular flexibility index (Phi) is 5.93. The lowest BCUT2D eigenvalue weighted by Gasteiger charge is -2.14. The Balaban J connectivity index is 1.83. The van der Waals surface area contributed by atoms with E-state index < -0.39 is 17.5 Å². The van der Waals surface area contributed by atoms with E-state index in [-0.39, 0.29) is 22.9 Å². The fourth-order valence-corrected chi connectivity index (χ4v) is 2.79. The van der Waals surface area contributed by atoms with Gasteiger partial charge in [-0.15, -0.1) is 0 Å². The van der Waals surface area contributed by atoms with Crippen molar-refractivity contribution in [1.29, 1.82) is 0 Å². The largest absolute Gasteiger partial charge is 0.423 e. The molecule has 1 atom stereocenters. The molecule has 1 heterocycles. The molecule has 3 rings (SSSR count). The van der Waals surface area contributed by atoms with Crippen LogP contribution in [0.25, 0.3) is 11.0 Å². The molecule has 1 unspecified atom stereocenters. The normalized spacial score (nSPS) is 11.6. The van der Waals surface area contributed by atoms with Gasteiger partial charge in [0, 0.05) is 17.5 Å². The molecule has 3 aromatic rings. The van der Waals surface area contributed by atoms with Crippen molar-refractivity contribution in [2.45, 2.75) is 26.8 Å². The molecule has 29 heavy (non-hydrogen) atoms. The molecule has 0 fully saturated rings. The molecule has 6 heteroatoms. The third kappa shape index (κ3) is 4.99. The van der Waals surface area contributed by atoms with Crippen LogP contribution in [0.3, 0.4) is 0 Å². The summed E-state index contributed by atoms with van der Waals surface area (Å²) in [7, 11) is 0. The summed E-state index contributed by atoms with van der Waals surface area (Å²) in [6, 6.07) is 15.3. The highest BCUT2D eigenvalue weighted by molar-refractivity contribution is 5.97. The first kappa shape index (κ1) is 20.1. The first-order chi connectivity index (χ1) is 13.8. The van der Waals surface area contributed by atoms with Crippen LogP contribution in [0.1, 0.15) is 42.7 Å². The van der Waals surface area contributed by atoms with Crippen LogP contribution in [0.15, 0.2) is 75.5 Å². The Hall–Kier alpha value is -3.67. The Morgan fingerprint density at radius 2 is 1.79 bits per heavy atom. The van der Waals surface area contributed by atoms with Crippen molar-refractivity contribution >= 4 is 22.8 Å². The van der Waals surface area contributed by atoms with Gasteiger partial charge in [-0.25, -0.2) is 9.59 Å². The van der Waals surface area contributed by atoms with Crippen LogP contribution in [0.2, 0.25) is 0 Å². The molecule has 0 aliphatic heterocycles. The summed E-state index contributed by atoms with van der Waals surface area (Å²) < 4.78 is 10.5. The summed E-state index contributed by atoms with van der Waals surface area (Å²) in [5.74, 6) is -0.785. The first-order valence-corrected chi connectivity index (χ1v) is 9.14. The Bertz CT molecular complexity index is 1140. The van der Waals surface area contributed by atoms with Crippen LogP contribution in [-0.4, -0.2) is 11.9 Å². The van der Waals surface area contributed by atoms with Crippen molar-refractivity contribution in [2.75, 3.05) is 0 Å². The molecule has 1 aromatic heterocycles. The van der Waals surface area contributed by atoms with Gasteiger partial charge in [0.05, 0.1) is 6.04 Å².